The standard InChI is InChI=1S/C12H16BrN5O2S/c1-3-8-18(10-7-5-4-6-9(10)14)21(19,20)12-11(13)15-16-17(12)2/h4-7H,3,8,14H2,1-2H3. The molecule has 0 saturated carbocycles. The number of halogens is 1. The third-order valence-electron chi connectivity index (χ3n) is 2.90. The van der Waals surface area contributed by atoms with Crippen molar-refractivity contribution in [1.29, 1.82) is 0 Å². The van der Waals surface area contributed by atoms with Gasteiger partial charge in [0.2, 0.25) is 5.03 Å². The van der Waals surface area contributed by atoms with E-state index in [9.17, 15) is 8.42 Å². The molecule has 0 aliphatic heterocycles. The van der Waals surface area contributed by atoms with Gasteiger partial charge in [0.05, 0.1) is 11.4 Å². The van der Waals surface area contributed by atoms with Crippen LogP contribution in [-0.2, 0) is 17.1 Å². The summed E-state index contributed by atoms with van der Waals surface area (Å²) >= 11 is 3.13. The van der Waals surface area contributed by atoms with Crippen LogP contribution in [0.5, 0.6) is 0 Å². The first-order valence-electron chi connectivity index (χ1n) is 6.32. The molecule has 7 nitrogen and oxygen atoms in total. The Labute approximate surface area is 131 Å². The van der Waals surface area contributed by atoms with Crippen LogP contribution >= 0.6 is 15.9 Å². The Morgan fingerprint density at radius 1 is 1.38 bits per heavy atom. The molecule has 9 heteroatoms. The zero-order valence-corrected chi connectivity index (χ0v) is 14.1. The van der Waals surface area contributed by atoms with Gasteiger partial charge in [-0.25, -0.2) is 4.68 Å². The summed E-state index contributed by atoms with van der Waals surface area (Å²) in [6.07, 6.45) is 0.649. The van der Waals surface area contributed by atoms with Gasteiger partial charge in [-0.3, -0.25) is 4.31 Å². The van der Waals surface area contributed by atoms with Gasteiger partial charge >= 0.3 is 0 Å². The minimum absolute atomic E-state index is 0.000738. The van der Waals surface area contributed by atoms with E-state index in [1.54, 1.807) is 24.3 Å². The Morgan fingerprint density at radius 3 is 2.57 bits per heavy atom. The van der Waals surface area contributed by atoms with Crippen LogP contribution in [0.25, 0.3) is 0 Å². The van der Waals surface area contributed by atoms with Crippen molar-refractivity contribution < 1.29 is 8.42 Å². The summed E-state index contributed by atoms with van der Waals surface area (Å²) in [7, 11) is -2.28. The van der Waals surface area contributed by atoms with E-state index in [0.717, 1.165) is 0 Å². The predicted octanol–water partition coefficient (Wildman–Crippen LogP) is 1.77. The Bertz CT molecular complexity index is 724. The fourth-order valence-corrected chi connectivity index (χ4v) is 4.61. The lowest BCUT2D eigenvalue weighted by atomic mass is 10.2. The molecule has 1 aromatic heterocycles. The van der Waals surface area contributed by atoms with Gasteiger partial charge < -0.3 is 5.73 Å². The molecule has 0 fully saturated rings. The van der Waals surface area contributed by atoms with Crippen LogP contribution in [0, 0.1) is 0 Å². The van der Waals surface area contributed by atoms with Gasteiger partial charge in [0.25, 0.3) is 10.0 Å². The Morgan fingerprint density at radius 2 is 2.05 bits per heavy atom. The monoisotopic (exact) mass is 373 g/mol. The van der Waals surface area contributed by atoms with Gasteiger partial charge in [-0.1, -0.05) is 24.3 Å². The van der Waals surface area contributed by atoms with Crippen molar-refractivity contribution in [1.82, 2.24) is 15.0 Å². The minimum Gasteiger partial charge on any atom is -0.397 e. The van der Waals surface area contributed by atoms with E-state index < -0.39 is 10.0 Å². The molecule has 0 unspecified atom stereocenters. The van der Waals surface area contributed by atoms with Gasteiger partial charge in [0.1, 0.15) is 0 Å². The molecular weight excluding hydrogens is 358 g/mol. The maximum Gasteiger partial charge on any atom is 0.284 e. The van der Waals surface area contributed by atoms with E-state index in [0.29, 0.717) is 24.3 Å². The highest BCUT2D eigenvalue weighted by Crippen LogP contribution is 2.30. The number of anilines is 2. The molecular formula is C12H16BrN5O2S. The Balaban J connectivity index is 2.60. The van der Waals surface area contributed by atoms with Crippen molar-refractivity contribution >= 4 is 37.3 Å². The maximum atomic E-state index is 12.9. The summed E-state index contributed by atoms with van der Waals surface area (Å²) < 4.78 is 28.5. The van der Waals surface area contributed by atoms with E-state index in [4.69, 9.17) is 5.73 Å². The second kappa shape index (κ2) is 6.02. The minimum atomic E-state index is -3.81. The molecule has 0 amide bonds. The Kier molecular flexibility index (Phi) is 4.52. The van der Waals surface area contributed by atoms with Crippen molar-refractivity contribution in [3.05, 3.63) is 28.9 Å². The van der Waals surface area contributed by atoms with Gasteiger partial charge in [-0.15, -0.1) is 5.10 Å². The van der Waals surface area contributed by atoms with Crippen LogP contribution in [0.1, 0.15) is 13.3 Å². The van der Waals surface area contributed by atoms with Crippen molar-refractivity contribution in [2.45, 2.75) is 18.4 Å². The van der Waals surface area contributed by atoms with Crippen LogP contribution < -0.4 is 10.0 Å². The van der Waals surface area contributed by atoms with Gasteiger partial charge in [0.15, 0.2) is 4.60 Å². The molecule has 2 rings (SSSR count). The van der Waals surface area contributed by atoms with E-state index in [2.05, 4.69) is 26.2 Å². The number of para-hydroxylation sites is 2. The fourth-order valence-electron chi connectivity index (χ4n) is 1.99. The SMILES string of the molecule is CCCN(c1ccccc1N)S(=O)(=O)c1c(Br)nnn1C. The van der Waals surface area contributed by atoms with Crippen molar-refractivity contribution in [2.75, 3.05) is 16.6 Å². The molecule has 0 radical (unpaired) electrons. The second-order valence-corrected chi connectivity index (χ2v) is 6.97. The third-order valence-corrected chi connectivity index (χ3v) is 5.61. The first-order chi connectivity index (χ1) is 9.89. The highest BCUT2D eigenvalue weighted by Gasteiger charge is 2.31. The lowest BCUT2D eigenvalue weighted by molar-refractivity contribution is 0.568. The fraction of sp³-hybridized carbons (Fsp3) is 0.333. The number of hydrogen-bond donors (Lipinski definition) is 1. The smallest absolute Gasteiger partial charge is 0.284 e. The van der Waals surface area contributed by atoms with E-state index in [-0.39, 0.29) is 9.63 Å². The lowest BCUT2D eigenvalue weighted by Gasteiger charge is -2.25. The van der Waals surface area contributed by atoms with E-state index >= 15 is 0 Å². The molecule has 0 spiro atoms. The van der Waals surface area contributed by atoms with E-state index in [1.165, 1.54) is 16.0 Å². The molecule has 0 bridgehead atoms. The average molecular weight is 374 g/mol. The molecule has 114 valence electrons. The van der Waals surface area contributed by atoms with Crippen LogP contribution in [0.3, 0.4) is 0 Å². The summed E-state index contributed by atoms with van der Waals surface area (Å²) in [6, 6.07) is 6.86. The van der Waals surface area contributed by atoms with Crippen LogP contribution in [0.2, 0.25) is 0 Å². The van der Waals surface area contributed by atoms with Crippen LogP contribution in [0.4, 0.5) is 11.4 Å². The van der Waals surface area contributed by atoms with E-state index in [1.807, 2.05) is 6.92 Å². The number of rotatable bonds is 5. The number of nitrogens with zero attached hydrogens (tertiary/aromatic N) is 4. The quantitative estimate of drug-likeness (QED) is 0.805. The lowest BCUT2D eigenvalue weighted by Crippen LogP contribution is -2.33. The summed E-state index contributed by atoms with van der Waals surface area (Å²) in [4.78, 5) is 0. The van der Waals surface area contributed by atoms with Gasteiger partial charge in [-0.2, -0.15) is 8.42 Å². The topological polar surface area (TPSA) is 94.1 Å². The van der Waals surface area contributed by atoms with Gasteiger partial charge in [-0.05, 0) is 34.5 Å². The highest BCUT2D eigenvalue weighted by atomic mass is 79.9. The van der Waals surface area contributed by atoms with Crippen LogP contribution in [0.15, 0.2) is 33.9 Å². The Hall–Kier alpha value is -1.61. The summed E-state index contributed by atoms with van der Waals surface area (Å²) in [5.41, 5.74) is 6.78. The predicted molar refractivity (Wildman–Crippen MR) is 84.4 cm³/mol. The molecule has 0 atom stereocenters. The molecule has 21 heavy (non-hydrogen) atoms. The number of aromatic nitrogens is 3. The highest BCUT2D eigenvalue weighted by molar-refractivity contribution is 9.10. The molecule has 0 saturated heterocycles. The number of nitrogen functional groups attached to an aromatic ring is 1. The van der Waals surface area contributed by atoms with Crippen molar-refractivity contribution in [2.24, 2.45) is 7.05 Å². The van der Waals surface area contributed by atoms with Crippen molar-refractivity contribution in [3.63, 3.8) is 0 Å². The first kappa shape index (κ1) is 15.8. The third kappa shape index (κ3) is 2.88. The second-order valence-electron chi connectivity index (χ2n) is 4.45. The molecule has 0 aliphatic carbocycles. The number of benzene rings is 1. The molecule has 2 N–H and O–H groups in total. The first-order valence-corrected chi connectivity index (χ1v) is 8.55. The molecule has 2 aromatic rings. The molecule has 1 heterocycles. The maximum absolute atomic E-state index is 12.9. The van der Waals surface area contributed by atoms with Crippen molar-refractivity contribution in [3.8, 4) is 0 Å². The summed E-state index contributed by atoms with van der Waals surface area (Å²) in [6.45, 7) is 2.21. The number of nitrogens with two attached hydrogens (primary N) is 1. The average Bonchev–Trinajstić information content (AvgIpc) is 2.77. The molecule has 0 aliphatic rings. The normalized spacial score (nSPS) is 11.6. The number of hydrogen-bond acceptors (Lipinski definition) is 5. The summed E-state index contributed by atoms with van der Waals surface area (Å²) in [5.74, 6) is 0. The molecule has 1 aromatic carbocycles. The zero-order chi connectivity index (χ0) is 15.6. The zero-order valence-electron chi connectivity index (χ0n) is 11.7. The summed E-state index contributed by atoms with van der Waals surface area (Å²) in [5, 5.41) is 7.46. The number of aryl methyl sites for hydroxylation is 1. The van der Waals surface area contributed by atoms with Crippen LogP contribution in [-0.4, -0.2) is 30.0 Å². The van der Waals surface area contributed by atoms with Gasteiger partial charge in [0, 0.05) is 13.6 Å². The number of sulfonamides is 1. The largest absolute Gasteiger partial charge is 0.397 e.